The Labute approximate surface area is 118 Å². The van der Waals surface area contributed by atoms with Crippen molar-refractivity contribution in [2.45, 2.75) is 6.61 Å². The van der Waals surface area contributed by atoms with Crippen molar-refractivity contribution in [1.29, 1.82) is 0 Å². The molecule has 0 aromatic heterocycles. The van der Waals surface area contributed by atoms with Crippen molar-refractivity contribution in [3.8, 4) is 5.75 Å². The van der Waals surface area contributed by atoms with Gasteiger partial charge in [0.1, 0.15) is 6.61 Å². The second kappa shape index (κ2) is 5.59. The lowest BCUT2D eigenvalue weighted by Crippen LogP contribution is -1.99. The topological polar surface area (TPSA) is 35.2 Å². The van der Waals surface area contributed by atoms with E-state index in [-0.39, 0.29) is 12.4 Å². The molecule has 2 aromatic rings. The zero-order valence-electron chi connectivity index (χ0n) is 9.29. The molecule has 0 atom stereocenters. The van der Waals surface area contributed by atoms with E-state index in [1.54, 1.807) is 30.3 Å². The van der Waals surface area contributed by atoms with Crippen LogP contribution < -0.4 is 10.5 Å². The monoisotopic (exact) mass is 329 g/mol. The molecule has 0 aliphatic rings. The Balaban J connectivity index is 2.16. The summed E-state index contributed by atoms with van der Waals surface area (Å²) in [6.07, 6.45) is 0. The van der Waals surface area contributed by atoms with E-state index in [0.717, 1.165) is 10.0 Å². The normalized spacial score (nSPS) is 10.4. The average Bonchev–Trinajstić information content (AvgIpc) is 2.34. The van der Waals surface area contributed by atoms with Crippen LogP contribution in [0.4, 0.5) is 10.1 Å². The maximum Gasteiger partial charge on any atom is 0.165 e. The van der Waals surface area contributed by atoms with E-state index in [1.165, 1.54) is 6.07 Å². The molecule has 0 fully saturated rings. The summed E-state index contributed by atoms with van der Waals surface area (Å²) in [5, 5.41) is 0.541. The number of halogens is 3. The number of anilines is 1. The zero-order valence-corrected chi connectivity index (χ0v) is 11.6. The maximum absolute atomic E-state index is 13.4. The van der Waals surface area contributed by atoms with Crippen LogP contribution in [-0.2, 0) is 6.61 Å². The van der Waals surface area contributed by atoms with Crippen molar-refractivity contribution in [2.75, 3.05) is 5.73 Å². The minimum Gasteiger partial charge on any atom is -0.486 e. The quantitative estimate of drug-likeness (QED) is 0.846. The number of benzene rings is 2. The highest BCUT2D eigenvalue weighted by molar-refractivity contribution is 9.10. The summed E-state index contributed by atoms with van der Waals surface area (Å²) >= 11 is 9.25. The molecule has 0 heterocycles. The van der Waals surface area contributed by atoms with Crippen molar-refractivity contribution in [3.63, 3.8) is 0 Å². The van der Waals surface area contributed by atoms with Crippen molar-refractivity contribution < 1.29 is 9.13 Å². The maximum atomic E-state index is 13.4. The van der Waals surface area contributed by atoms with Gasteiger partial charge in [-0.15, -0.1) is 0 Å². The van der Waals surface area contributed by atoms with Gasteiger partial charge in [-0.05, 0) is 36.4 Å². The van der Waals surface area contributed by atoms with Crippen LogP contribution in [0, 0.1) is 5.82 Å². The van der Waals surface area contributed by atoms with Crippen LogP contribution in [0.25, 0.3) is 0 Å². The molecule has 0 spiro atoms. The minimum atomic E-state index is -0.418. The SMILES string of the molecule is Nc1ccc(Cl)c(COc2cc(Br)ccc2F)c1. The summed E-state index contributed by atoms with van der Waals surface area (Å²) in [5.74, 6) is -0.249. The van der Waals surface area contributed by atoms with Gasteiger partial charge >= 0.3 is 0 Å². The van der Waals surface area contributed by atoms with Gasteiger partial charge in [-0.2, -0.15) is 0 Å². The molecule has 0 aliphatic heterocycles. The third kappa shape index (κ3) is 3.15. The van der Waals surface area contributed by atoms with Gasteiger partial charge in [-0.3, -0.25) is 0 Å². The molecule has 0 aliphatic carbocycles. The van der Waals surface area contributed by atoms with Gasteiger partial charge in [-0.1, -0.05) is 27.5 Å². The molecule has 0 amide bonds. The van der Waals surface area contributed by atoms with Gasteiger partial charge in [0.25, 0.3) is 0 Å². The molecular weight excluding hydrogens is 321 g/mol. The number of hydrogen-bond donors (Lipinski definition) is 1. The third-order valence-corrected chi connectivity index (χ3v) is 3.21. The summed E-state index contributed by atoms with van der Waals surface area (Å²) < 4.78 is 19.6. The van der Waals surface area contributed by atoms with Crippen LogP contribution in [0.1, 0.15) is 5.56 Å². The Morgan fingerprint density at radius 1 is 1.22 bits per heavy atom. The van der Waals surface area contributed by atoms with E-state index >= 15 is 0 Å². The van der Waals surface area contributed by atoms with Crippen LogP contribution >= 0.6 is 27.5 Å². The van der Waals surface area contributed by atoms with Crippen molar-refractivity contribution >= 4 is 33.2 Å². The lowest BCUT2D eigenvalue weighted by Gasteiger charge is -2.09. The Kier molecular flexibility index (Phi) is 4.09. The highest BCUT2D eigenvalue weighted by Gasteiger charge is 2.06. The number of hydrogen-bond acceptors (Lipinski definition) is 2. The summed E-state index contributed by atoms with van der Waals surface area (Å²) in [5.41, 5.74) is 6.96. The molecule has 94 valence electrons. The molecule has 2 nitrogen and oxygen atoms in total. The van der Waals surface area contributed by atoms with E-state index in [0.29, 0.717) is 10.7 Å². The van der Waals surface area contributed by atoms with Gasteiger partial charge in [0.2, 0.25) is 0 Å². The summed E-state index contributed by atoms with van der Waals surface area (Å²) in [7, 11) is 0. The van der Waals surface area contributed by atoms with Crippen molar-refractivity contribution in [3.05, 3.63) is 57.3 Å². The van der Waals surface area contributed by atoms with E-state index in [4.69, 9.17) is 22.1 Å². The van der Waals surface area contributed by atoms with Crippen LogP contribution in [0.15, 0.2) is 40.9 Å². The molecule has 18 heavy (non-hydrogen) atoms. The first-order valence-electron chi connectivity index (χ1n) is 5.18. The van der Waals surface area contributed by atoms with Crippen molar-refractivity contribution in [2.24, 2.45) is 0 Å². The predicted molar refractivity (Wildman–Crippen MR) is 74.3 cm³/mol. The Morgan fingerprint density at radius 2 is 2.00 bits per heavy atom. The molecule has 2 N–H and O–H groups in total. The summed E-state index contributed by atoms with van der Waals surface area (Å²) in [6.45, 7) is 0.164. The fourth-order valence-corrected chi connectivity index (χ4v) is 1.96. The van der Waals surface area contributed by atoms with Gasteiger partial charge in [0, 0.05) is 20.7 Å². The van der Waals surface area contributed by atoms with Crippen LogP contribution in [0.2, 0.25) is 5.02 Å². The number of nitrogen functional groups attached to an aromatic ring is 1. The number of nitrogens with two attached hydrogens (primary N) is 1. The largest absolute Gasteiger partial charge is 0.486 e. The summed E-state index contributed by atoms with van der Waals surface area (Å²) in [4.78, 5) is 0. The first-order valence-corrected chi connectivity index (χ1v) is 6.35. The third-order valence-electron chi connectivity index (χ3n) is 2.35. The van der Waals surface area contributed by atoms with E-state index in [9.17, 15) is 4.39 Å². The summed E-state index contributed by atoms with van der Waals surface area (Å²) in [6, 6.07) is 9.60. The highest BCUT2D eigenvalue weighted by Crippen LogP contribution is 2.25. The highest BCUT2D eigenvalue weighted by atomic mass is 79.9. The lowest BCUT2D eigenvalue weighted by molar-refractivity contribution is 0.290. The van der Waals surface area contributed by atoms with Crippen LogP contribution in [0.5, 0.6) is 5.75 Å². The van der Waals surface area contributed by atoms with E-state index in [1.807, 2.05) is 0 Å². The Hall–Kier alpha value is -1.26. The van der Waals surface area contributed by atoms with E-state index < -0.39 is 5.82 Å². The first-order chi connectivity index (χ1) is 8.56. The molecule has 0 saturated heterocycles. The minimum absolute atomic E-state index is 0.164. The molecule has 0 unspecified atom stereocenters. The lowest BCUT2D eigenvalue weighted by atomic mass is 10.2. The molecule has 0 saturated carbocycles. The van der Waals surface area contributed by atoms with Crippen LogP contribution in [-0.4, -0.2) is 0 Å². The first kappa shape index (κ1) is 13.2. The molecular formula is C13H10BrClFNO. The van der Waals surface area contributed by atoms with Crippen molar-refractivity contribution in [1.82, 2.24) is 0 Å². The number of ether oxygens (including phenoxy) is 1. The van der Waals surface area contributed by atoms with E-state index in [2.05, 4.69) is 15.9 Å². The second-order valence-electron chi connectivity index (χ2n) is 3.71. The average molecular weight is 331 g/mol. The molecule has 2 rings (SSSR count). The number of rotatable bonds is 3. The van der Waals surface area contributed by atoms with Gasteiger partial charge in [0.15, 0.2) is 11.6 Å². The molecule has 5 heteroatoms. The van der Waals surface area contributed by atoms with Gasteiger partial charge in [0.05, 0.1) is 0 Å². The second-order valence-corrected chi connectivity index (χ2v) is 5.04. The molecule has 0 bridgehead atoms. The Bertz CT molecular complexity index is 525. The zero-order chi connectivity index (χ0) is 13.1. The molecule has 2 aromatic carbocycles. The smallest absolute Gasteiger partial charge is 0.165 e. The van der Waals surface area contributed by atoms with Gasteiger partial charge < -0.3 is 10.5 Å². The predicted octanol–water partition coefficient (Wildman–Crippen LogP) is 4.40. The fourth-order valence-electron chi connectivity index (χ4n) is 1.45. The van der Waals surface area contributed by atoms with Gasteiger partial charge in [-0.25, -0.2) is 4.39 Å². The standard InChI is InChI=1S/C13H10BrClFNO/c14-9-1-4-12(16)13(6-9)18-7-8-5-10(17)2-3-11(8)15/h1-6H,7,17H2. The Morgan fingerprint density at radius 3 is 2.78 bits per heavy atom. The van der Waals surface area contributed by atoms with Crippen LogP contribution in [0.3, 0.4) is 0 Å². The fraction of sp³-hybridized carbons (Fsp3) is 0.0769. The molecule has 0 radical (unpaired) electrons.